The monoisotopic (exact) mass is 218 g/mol. The normalized spacial score (nSPS) is 13.0. The molecule has 0 aliphatic heterocycles. The van der Waals surface area contributed by atoms with E-state index in [-0.39, 0.29) is 6.54 Å². The molecular weight excluding hydrogens is 211 g/mol. The maximum Gasteiger partial charge on any atom is 0.138 e. The number of aromatic nitrogens is 1. The summed E-state index contributed by atoms with van der Waals surface area (Å²) < 4.78 is 13.6. The summed E-state index contributed by atoms with van der Waals surface area (Å²) in [5.74, 6) is 0. The van der Waals surface area contributed by atoms with Crippen LogP contribution in [0.15, 0.2) is 22.9 Å². The van der Waals surface area contributed by atoms with Gasteiger partial charge in [0.15, 0.2) is 0 Å². The van der Waals surface area contributed by atoms with E-state index in [0.29, 0.717) is 10.0 Å². The maximum absolute atomic E-state index is 12.9. The molecule has 0 aromatic carbocycles. The minimum Gasteiger partial charge on any atom is -0.327 e. The molecular formula is C7H8BrFN2. The minimum atomic E-state index is -1.10. The van der Waals surface area contributed by atoms with Gasteiger partial charge in [0.05, 0.1) is 0 Å². The van der Waals surface area contributed by atoms with E-state index in [9.17, 15) is 4.39 Å². The topological polar surface area (TPSA) is 38.9 Å². The quantitative estimate of drug-likeness (QED) is 0.823. The largest absolute Gasteiger partial charge is 0.327 e. The molecule has 11 heavy (non-hydrogen) atoms. The van der Waals surface area contributed by atoms with Gasteiger partial charge >= 0.3 is 0 Å². The number of rotatable bonds is 2. The van der Waals surface area contributed by atoms with E-state index >= 15 is 0 Å². The van der Waals surface area contributed by atoms with E-state index in [1.807, 2.05) is 0 Å². The van der Waals surface area contributed by atoms with Crippen LogP contribution in [-0.4, -0.2) is 11.5 Å². The van der Waals surface area contributed by atoms with Gasteiger partial charge in [-0.3, -0.25) is 4.98 Å². The molecule has 1 rings (SSSR count). The molecule has 0 spiro atoms. The van der Waals surface area contributed by atoms with E-state index in [0.717, 1.165) is 0 Å². The molecule has 0 saturated heterocycles. The molecule has 1 heterocycles. The fourth-order valence-electron chi connectivity index (χ4n) is 0.767. The number of pyridine rings is 1. The van der Waals surface area contributed by atoms with Crippen LogP contribution in [0.4, 0.5) is 4.39 Å². The summed E-state index contributed by atoms with van der Waals surface area (Å²) in [5.41, 5.74) is 5.71. The van der Waals surface area contributed by atoms with Gasteiger partial charge < -0.3 is 5.73 Å². The molecule has 0 aliphatic carbocycles. The number of halogens is 2. The van der Waals surface area contributed by atoms with Gasteiger partial charge in [-0.05, 0) is 22.0 Å². The lowest BCUT2D eigenvalue weighted by molar-refractivity contribution is 0.351. The standard InChI is InChI=1S/C7H8BrFN2/c8-6-4-11-2-1-5(6)7(9)3-10/h1-2,4,7H,3,10H2. The predicted molar refractivity (Wildman–Crippen MR) is 44.8 cm³/mol. The minimum absolute atomic E-state index is 0.00259. The molecule has 2 nitrogen and oxygen atoms in total. The Kier molecular flexibility index (Phi) is 2.96. The van der Waals surface area contributed by atoms with Crippen molar-refractivity contribution in [2.24, 2.45) is 5.73 Å². The number of hydrogen-bond donors (Lipinski definition) is 1. The maximum atomic E-state index is 12.9. The number of nitrogens with two attached hydrogens (primary N) is 1. The molecule has 60 valence electrons. The lowest BCUT2D eigenvalue weighted by Crippen LogP contribution is -2.08. The summed E-state index contributed by atoms with van der Waals surface area (Å²) in [7, 11) is 0. The lowest BCUT2D eigenvalue weighted by Gasteiger charge is -2.05. The van der Waals surface area contributed by atoms with Gasteiger partial charge in [-0.1, -0.05) is 0 Å². The zero-order valence-corrected chi connectivity index (χ0v) is 7.38. The molecule has 0 fully saturated rings. The highest BCUT2D eigenvalue weighted by Gasteiger charge is 2.09. The molecule has 1 atom stereocenters. The van der Waals surface area contributed by atoms with Gasteiger partial charge in [-0.25, -0.2) is 4.39 Å². The fourth-order valence-corrected chi connectivity index (χ4v) is 1.27. The van der Waals surface area contributed by atoms with Crippen LogP contribution < -0.4 is 5.73 Å². The van der Waals surface area contributed by atoms with Gasteiger partial charge in [0.25, 0.3) is 0 Å². The highest BCUT2D eigenvalue weighted by atomic mass is 79.9. The molecule has 1 aromatic heterocycles. The third kappa shape index (κ3) is 1.97. The summed E-state index contributed by atoms with van der Waals surface area (Å²) in [5, 5.41) is 0. The van der Waals surface area contributed by atoms with E-state index in [2.05, 4.69) is 20.9 Å². The Hall–Kier alpha value is -0.480. The molecule has 4 heteroatoms. The van der Waals surface area contributed by atoms with Crippen LogP contribution in [0, 0.1) is 0 Å². The summed E-state index contributed by atoms with van der Waals surface area (Å²) in [4.78, 5) is 3.81. The van der Waals surface area contributed by atoms with Crippen molar-refractivity contribution in [3.8, 4) is 0 Å². The predicted octanol–water partition coefficient (Wildman–Crippen LogP) is 1.81. The van der Waals surface area contributed by atoms with Crippen molar-refractivity contribution in [1.82, 2.24) is 4.98 Å². The number of hydrogen-bond acceptors (Lipinski definition) is 2. The zero-order chi connectivity index (χ0) is 8.27. The number of alkyl halides is 1. The Labute approximate surface area is 72.8 Å². The molecule has 0 bridgehead atoms. The highest BCUT2D eigenvalue weighted by Crippen LogP contribution is 2.23. The first-order valence-corrected chi connectivity index (χ1v) is 3.98. The van der Waals surface area contributed by atoms with Crippen molar-refractivity contribution >= 4 is 15.9 Å². The summed E-state index contributed by atoms with van der Waals surface area (Å²) in [6, 6.07) is 1.61. The summed E-state index contributed by atoms with van der Waals surface area (Å²) in [6.45, 7) is 0.00259. The highest BCUT2D eigenvalue weighted by molar-refractivity contribution is 9.10. The van der Waals surface area contributed by atoms with E-state index in [4.69, 9.17) is 5.73 Å². The Morgan fingerprint density at radius 1 is 1.73 bits per heavy atom. The third-order valence-electron chi connectivity index (χ3n) is 1.35. The molecule has 0 saturated carbocycles. The van der Waals surface area contributed by atoms with Crippen LogP contribution in [0.1, 0.15) is 11.7 Å². The van der Waals surface area contributed by atoms with Gasteiger partial charge in [0, 0.05) is 29.0 Å². The Bertz CT molecular complexity index is 242. The molecule has 0 amide bonds. The molecule has 0 aliphatic rings. The molecule has 1 unspecified atom stereocenters. The van der Waals surface area contributed by atoms with Crippen molar-refractivity contribution in [3.05, 3.63) is 28.5 Å². The third-order valence-corrected chi connectivity index (χ3v) is 2.01. The Morgan fingerprint density at radius 3 is 3.00 bits per heavy atom. The van der Waals surface area contributed by atoms with Crippen molar-refractivity contribution in [2.45, 2.75) is 6.17 Å². The van der Waals surface area contributed by atoms with Crippen LogP contribution in [0.2, 0.25) is 0 Å². The molecule has 0 radical (unpaired) electrons. The first kappa shape index (κ1) is 8.62. The van der Waals surface area contributed by atoms with Gasteiger partial charge in [0.2, 0.25) is 0 Å². The van der Waals surface area contributed by atoms with Crippen LogP contribution in [0.3, 0.4) is 0 Å². The molecule has 1 aromatic rings. The van der Waals surface area contributed by atoms with Crippen molar-refractivity contribution in [3.63, 3.8) is 0 Å². The SMILES string of the molecule is NCC(F)c1ccncc1Br. The fraction of sp³-hybridized carbons (Fsp3) is 0.286. The second kappa shape index (κ2) is 3.78. The van der Waals surface area contributed by atoms with Crippen LogP contribution >= 0.6 is 15.9 Å². The summed E-state index contributed by atoms with van der Waals surface area (Å²) >= 11 is 3.18. The van der Waals surface area contributed by atoms with Crippen LogP contribution in [-0.2, 0) is 0 Å². The Morgan fingerprint density at radius 2 is 2.45 bits per heavy atom. The van der Waals surface area contributed by atoms with E-state index < -0.39 is 6.17 Å². The Balaban J connectivity index is 2.93. The first-order valence-electron chi connectivity index (χ1n) is 3.19. The van der Waals surface area contributed by atoms with Crippen molar-refractivity contribution in [1.29, 1.82) is 0 Å². The van der Waals surface area contributed by atoms with Crippen molar-refractivity contribution < 1.29 is 4.39 Å². The van der Waals surface area contributed by atoms with Gasteiger partial charge in [-0.15, -0.1) is 0 Å². The second-order valence-electron chi connectivity index (χ2n) is 2.10. The van der Waals surface area contributed by atoms with Crippen LogP contribution in [0.5, 0.6) is 0 Å². The van der Waals surface area contributed by atoms with Gasteiger partial charge in [0.1, 0.15) is 6.17 Å². The van der Waals surface area contributed by atoms with E-state index in [1.165, 1.54) is 0 Å². The first-order chi connectivity index (χ1) is 5.25. The molecule has 2 N–H and O–H groups in total. The van der Waals surface area contributed by atoms with Crippen LogP contribution in [0.25, 0.3) is 0 Å². The zero-order valence-electron chi connectivity index (χ0n) is 5.80. The lowest BCUT2D eigenvalue weighted by atomic mass is 10.2. The second-order valence-corrected chi connectivity index (χ2v) is 2.95. The van der Waals surface area contributed by atoms with Gasteiger partial charge in [-0.2, -0.15) is 0 Å². The average molecular weight is 219 g/mol. The number of nitrogens with zero attached hydrogens (tertiary/aromatic N) is 1. The summed E-state index contributed by atoms with van der Waals surface area (Å²) in [6.07, 6.45) is 1.99. The van der Waals surface area contributed by atoms with Crippen molar-refractivity contribution in [2.75, 3.05) is 6.54 Å². The van der Waals surface area contributed by atoms with E-state index in [1.54, 1.807) is 18.5 Å². The average Bonchev–Trinajstić information content (AvgIpc) is 2.04. The smallest absolute Gasteiger partial charge is 0.138 e.